The van der Waals surface area contributed by atoms with Gasteiger partial charge in [-0.2, -0.15) is 0 Å². The molecule has 2 amide bonds. The lowest BCUT2D eigenvalue weighted by Gasteiger charge is -2.29. The summed E-state index contributed by atoms with van der Waals surface area (Å²) in [6, 6.07) is 13.9. The van der Waals surface area contributed by atoms with Gasteiger partial charge in [-0.05, 0) is 24.3 Å². The maximum atomic E-state index is 12.5. The number of esters is 1. The Morgan fingerprint density at radius 3 is 2.70 bits per heavy atom. The molecule has 0 unspecified atom stereocenters. The normalized spacial score (nSPS) is 17.6. The van der Waals surface area contributed by atoms with E-state index in [1.165, 1.54) is 4.90 Å². The summed E-state index contributed by atoms with van der Waals surface area (Å²) in [6.07, 6.45) is -0.954. The Morgan fingerprint density at radius 2 is 1.85 bits per heavy atom. The maximum Gasteiger partial charge on any atom is 0.351 e. The molecule has 1 N–H and O–H groups in total. The summed E-state index contributed by atoms with van der Waals surface area (Å²) >= 11 is 0. The predicted octanol–water partition coefficient (Wildman–Crippen LogP) is 1.35. The molecule has 2 heterocycles. The van der Waals surface area contributed by atoms with Crippen molar-refractivity contribution in [2.24, 2.45) is 0 Å². The van der Waals surface area contributed by atoms with Crippen LogP contribution in [0.3, 0.4) is 0 Å². The number of anilines is 2. The molecule has 0 radical (unpaired) electrons. The number of rotatable bonds is 3. The molecule has 2 aromatic rings. The molecule has 0 spiro atoms. The molecule has 0 aromatic heterocycles. The summed E-state index contributed by atoms with van der Waals surface area (Å²) in [5, 5.41) is 2.69. The minimum Gasteiger partial charge on any atom is -0.485 e. The van der Waals surface area contributed by atoms with Crippen LogP contribution in [0, 0.1) is 0 Å². The first-order valence-corrected chi connectivity index (χ1v) is 8.36. The molecule has 2 aromatic carbocycles. The van der Waals surface area contributed by atoms with Gasteiger partial charge in [-0.25, -0.2) is 4.79 Å². The van der Waals surface area contributed by atoms with Crippen LogP contribution >= 0.6 is 0 Å². The zero-order chi connectivity index (χ0) is 18.8. The average Bonchev–Trinajstić information content (AvgIpc) is 2.70. The second kappa shape index (κ2) is 6.99. The third-order valence-corrected chi connectivity index (χ3v) is 4.18. The maximum absolute atomic E-state index is 12.5. The van der Waals surface area contributed by atoms with Crippen LogP contribution in [0.15, 0.2) is 48.5 Å². The Kier molecular flexibility index (Phi) is 4.37. The highest BCUT2D eigenvalue weighted by Crippen LogP contribution is 2.31. The van der Waals surface area contributed by atoms with E-state index in [1.807, 2.05) is 0 Å². The summed E-state index contributed by atoms with van der Waals surface area (Å²) in [7, 11) is 0. The van der Waals surface area contributed by atoms with Gasteiger partial charge in [-0.3, -0.25) is 14.5 Å². The van der Waals surface area contributed by atoms with Crippen LogP contribution in [0.1, 0.15) is 0 Å². The number of benzene rings is 2. The SMILES string of the molecule is O=C1CN(C(=O)COC(=O)[C@@H]2COc3ccccc3O2)c2ccccc2N1. The lowest BCUT2D eigenvalue weighted by atomic mass is 10.2. The number of carbonyl (C=O) groups excluding carboxylic acids is 3. The molecule has 2 aliphatic rings. The highest BCUT2D eigenvalue weighted by atomic mass is 16.6. The molecule has 1 atom stereocenters. The highest BCUT2D eigenvalue weighted by molar-refractivity contribution is 6.10. The van der Waals surface area contributed by atoms with Crippen LogP contribution in [-0.4, -0.2) is 43.6 Å². The first kappa shape index (κ1) is 16.9. The van der Waals surface area contributed by atoms with Crippen molar-refractivity contribution in [1.29, 1.82) is 0 Å². The van der Waals surface area contributed by atoms with Gasteiger partial charge in [-0.15, -0.1) is 0 Å². The number of hydrogen-bond acceptors (Lipinski definition) is 6. The van der Waals surface area contributed by atoms with Crippen LogP contribution in [-0.2, 0) is 19.1 Å². The van der Waals surface area contributed by atoms with Crippen molar-refractivity contribution < 1.29 is 28.6 Å². The number of ether oxygens (including phenoxy) is 3. The van der Waals surface area contributed by atoms with Crippen molar-refractivity contribution in [3.05, 3.63) is 48.5 Å². The van der Waals surface area contributed by atoms with Gasteiger partial charge < -0.3 is 19.5 Å². The van der Waals surface area contributed by atoms with Crippen molar-refractivity contribution >= 4 is 29.2 Å². The zero-order valence-electron chi connectivity index (χ0n) is 14.2. The molecule has 0 saturated carbocycles. The Morgan fingerprint density at radius 1 is 1.11 bits per heavy atom. The summed E-state index contributed by atoms with van der Waals surface area (Å²) in [5.74, 6) is -0.517. The number of nitrogens with one attached hydrogen (secondary N) is 1. The van der Waals surface area contributed by atoms with Crippen LogP contribution in [0.4, 0.5) is 11.4 Å². The molecule has 8 nitrogen and oxygen atoms in total. The molecule has 0 aliphatic carbocycles. The van der Waals surface area contributed by atoms with E-state index >= 15 is 0 Å². The smallest absolute Gasteiger partial charge is 0.351 e. The number of para-hydroxylation sites is 4. The highest BCUT2D eigenvalue weighted by Gasteiger charge is 2.31. The molecule has 138 valence electrons. The largest absolute Gasteiger partial charge is 0.485 e. The summed E-state index contributed by atoms with van der Waals surface area (Å²) in [4.78, 5) is 37.8. The lowest BCUT2D eigenvalue weighted by Crippen LogP contribution is -2.45. The average molecular weight is 368 g/mol. The second-order valence-corrected chi connectivity index (χ2v) is 6.02. The minimum atomic E-state index is -0.954. The quantitative estimate of drug-likeness (QED) is 0.822. The van der Waals surface area contributed by atoms with E-state index in [1.54, 1.807) is 48.5 Å². The first-order valence-electron chi connectivity index (χ1n) is 8.36. The standard InChI is InChI=1S/C19H16N2O6/c22-17-9-21(13-6-2-1-5-12(13)20-17)18(23)11-26-19(24)16-10-25-14-7-3-4-8-15(14)27-16/h1-8,16H,9-11H2,(H,20,22)/t16-/m0/s1. The fraction of sp³-hybridized carbons (Fsp3) is 0.211. The van der Waals surface area contributed by atoms with E-state index in [4.69, 9.17) is 14.2 Å². The van der Waals surface area contributed by atoms with Gasteiger partial charge in [0.05, 0.1) is 11.4 Å². The van der Waals surface area contributed by atoms with Crippen molar-refractivity contribution in [2.45, 2.75) is 6.10 Å². The van der Waals surface area contributed by atoms with Gasteiger partial charge in [0, 0.05) is 0 Å². The van der Waals surface area contributed by atoms with Gasteiger partial charge in [0.2, 0.25) is 12.0 Å². The number of carbonyl (C=O) groups is 3. The Bertz CT molecular complexity index is 913. The van der Waals surface area contributed by atoms with Crippen LogP contribution in [0.5, 0.6) is 11.5 Å². The van der Waals surface area contributed by atoms with Gasteiger partial charge in [0.15, 0.2) is 18.1 Å². The fourth-order valence-electron chi connectivity index (χ4n) is 2.90. The molecular formula is C19H16N2O6. The predicted molar refractivity (Wildman–Crippen MR) is 94.7 cm³/mol. The van der Waals surface area contributed by atoms with Gasteiger partial charge >= 0.3 is 5.97 Å². The third-order valence-electron chi connectivity index (χ3n) is 4.18. The number of nitrogens with zero attached hydrogens (tertiary/aromatic N) is 1. The van der Waals surface area contributed by atoms with Crippen molar-refractivity contribution in [1.82, 2.24) is 0 Å². The van der Waals surface area contributed by atoms with Crippen LogP contribution < -0.4 is 19.7 Å². The van der Waals surface area contributed by atoms with Crippen molar-refractivity contribution in [2.75, 3.05) is 30.0 Å². The number of amides is 2. The molecule has 0 fully saturated rings. The van der Waals surface area contributed by atoms with Gasteiger partial charge in [0.1, 0.15) is 13.2 Å². The molecule has 27 heavy (non-hydrogen) atoms. The first-order chi connectivity index (χ1) is 13.1. The van der Waals surface area contributed by atoms with Crippen LogP contribution in [0.25, 0.3) is 0 Å². The van der Waals surface area contributed by atoms with E-state index in [-0.39, 0.29) is 19.1 Å². The van der Waals surface area contributed by atoms with E-state index < -0.39 is 24.6 Å². The monoisotopic (exact) mass is 368 g/mol. The fourth-order valence-corrected chi connectivity index (χ4v) is 2.90. The lowest BCUT2D eigenvalue weighted by molar-refractivity contribution is -0.157. The molecular weight excluding hydrogens is 352 g/mol. The molecule has 8 heteroatoms. The number of fused-ring (bicyclic) bond motifs is 2. The molecule has 0 bridgehead atoms. The summed E-state index contributed by atoms with van der Waals surface area (Å²) in [5.41, 5.74) is 1.10. The minimum absolute atomic E-state index is 0.00100. The van der Waals surface area contributed by atoms with Crippen LogP contribution in [0.2, 0.25) is 0 Å². The summed E-state index contributed by atoms with van der Waals surface area (Å²) in [6.45, 7) is -0.634. The molecule has 4 rings (SSSR count). The zero-order valence-corrected chi connectivity index (χ0v) is 14.2. The summed E-state index contributed by atoms with van der Waals surface area (Å²) < 4.78 is 16.1. The number of hydrogen-bond donors (Lipinski definition) is 1. The Hall–Kier alpha value is -3.55. The molecule has 0 saturated heterocycles. The topological polar surface area (TPSA) is 94.2 Å². The van der Waals surface area contributed by atoms with Crippen molar-refractivity contribution in [3.63, 3.8) is 0 Å². The van der Waals surface area contributed by atoms with Crippen molar-refractivity contribution in [3.8, 4) is 11.5 Å². The van der Waals surface area contributed by atoms with Gasteiger partial charge in [0.25, 0.3) is 5.91 Å². The van der Waals surface area contributed by atoms with E-state index in [0.29, 0.717) is 22.9 Å². The van der Waals surface area contributed by atoms with E-state index in [9.17, 15) is 14.4 Å². The van der Waals surface area contributed by atoms with E-state index in [0.717, 1.165) is 0 Å². The Labute approximate surface area is 154 Å². The Balaban J connectivity index is 1.39. The van der Waals surface area contributed by atoms with E-state index in [2.05, 4.69) is 5.32 Å². The van der Waals surface area contributed by atoms with Gasteiger partial charge in [-0.1, -0.05) is 24.3 Å². The molecule has 2 aliphatic heterocycles. The second-order valence-electron chi connectivity index (χ2n) is 6.02. The third kappa shape index (κ3) is 3.41.